The molecular weight excluding hydrogens is 262 g/mol. The molecule has 1 unspecified atom stereocenters. The zero-order valence-electron chi connectivity index (χ0n) is 12.1. The lowest BCUT2D eigenvalue weighted by Crippen LogP contribution is -2.32. The van der Waals surface area contributed by atoms with Gasteiger partial charge in [0.15, 0.2) is 0 Å². The molecule has 1 aromatic carbocycles. The van der Waals surface area contributed by atoms with E-state index in [1.165, 1.54) is 0 Å². The van der Waals surface area contributed by atoms with Gasteiger partial charge in [-0.15, -0.1) is 0 Å². The van der Waals surface area contributed by atoms with E-state index in [1.54, 1.807) is 24.3 Å². The third-order valence-corrected chi connectivity index (χ3v) is 3.55. The van der Waals surface area contributed by atoms with Crippen LogP contribution in [0.3, 0.4) is 0 Å². The molecule has 0 bridgehead atoms. The molecule has 1 atom stereocenters. The van der Waals surface area contributed by atoms with E-state index in [1.807, 2.05) is 0 Å². The molecule has 0 spiro atoms. The van der Waals surface area contributed by atoms with E-state index in [4.69, 9.17) is 5.73 Å². The average molecular weight is 286 g/mol. The van der Waals surface area contributed by atoms with Crippen LogP contribution in [0.5, 0.6) is 5.75 Å². The number of ether oxygens (including phenoxy) is 1. The minimum Gasteiger partial charge on any atom is -0.434 e. The fourth-order valence-corrected chi connectivity index (χ4v) is 2.18. The van der Waals surface area contributed by atoms with Gasteiger partial charge in [-0.2, -0.15) is 8.78 Å². The van der Waals surface area contributed by atoms with Crippen molar-refractivity contribution in [1.29, 1.82) is 0 Å². The fourth-order valence-electron chi connectivity index (χ4n) is 2.18. The van der Waals surface area contributed by atoms with Gasteiger partial charge in [0.25, 0.3) is 0 Å². The predicted molar refractivity (Wildman–Crippen MR) is 76.9 cm³/mol. The maximum atomic E-state index is 12.4. The van der Waals surface area contributed by atoms with Gasteiger partial charge in [0.1, 0.15) is 5.75 Å². The number of para-hydroxylation sites is 1. The standard InChI is InChI=1S/C15H24F2N2O/c1-3-11(4-2)10-19-13(9-18)12-7-5-6-8-14(12)20-15(16)17/h5-8,11,13,15,19H,3-4,9-10,18H2,1-2H3. The van der Waals surface area contributed by atoms with E-state index < -0.39 is 6.61 Å². The van der Waals surface area contributed by atoms with Gasteiger partial charge in [-0.3, -0.25) is 0 Å². The van der Waals surface area contributed by atoms with E-state index in [2.05, 4.69) is 23.9 Å². The van der Waals surface area contributed by atoms with E-state index >= 15 is 0 Å². The first-order valence-corrected chi connectivity index (χ1v) is 7.09. The third kappa shape index (κ3) is 5.06. The summed E-state index contributed by atoms with van der Waals surface area (Å²) >= 11 is 0. The SMILES string of the molecule is CCC(CC)CNC(CN)c1ccccc1OC(F)F. The number of hydrogen-bond donors (Lipinski definition) is 2. The van der Waals surface area contributed by atoms with Gasteiger partial charge in [0, 0.05) is 18.2 Å². The monoisotopic (exact) mass is 286 g/mol. The number of nitrogens with two attached hydrogens (primary N) is 1. The molecule has 3 N–H and O–H groups in total. The second kappa shape index (κ2) is 8.87. The number of nitrogens with one attached hydrogen (secondary N) is 1. The Morgan fingerprint density at radius 3 is 2.40 bits per heavy atom. The molecule has 0 aliphatic rings. The minimum absolute atomic E-state index is 0.175. The fraction of sp³-hybridized carbons (Fsp3) is 0.600. The van der Waals surface area contributed by atoms with Crippen molar-refractivity contribution in [3.8, 4) is 5.75 Å². The molecule has 1 rings (SSSR count). The van der Waals surface area contributed by atoms with Crippen LogP contribution in [-0.4, -0.2) is 19.7 Å². The Hall–Kier alpha value is -1.20. The molecule has 1 aromatic rings. The van der Waals surface area contributed by atoms with E-state index in [-0.39, 0.29) is 11.8 Å². The van der Waals surface area contributed by atoms with Gasteiger partial charge >= 0.3 is 6.61 Å². The van der Waals surface area contributed by atoms with Crippen molar-refractivity contribution in [2.45, 2.75) is 39.3 Å². The van der Waals surface area contributed by atoms with Crippen molar-refractivity contribution in [1.82, 2.24) is 5.32 Å². The van der Waals surface area contributed by atoms with Gasteiger partial charge in [-0.1, -0.05) is 44.9 Å². The highest BCUT2D eigenvalue weighted by Gasteiger charge is 2.17. The first-order valence-electron chi connectivity index (χ1n) is 7.09. The minimum atomic E-state index is -2.83. The molecule has 0 saturated carbocycles. The molecule has 0 heterocycles. The summed E-state index contributed by atoms with van der Waals surface area (Å²) in [4.78, 5) is 0. The van der Waals surface area contributed by atoms with Crippen LogP contribution >= 0.6 is 0 Å². The number of halogens is 2. The zero-order chi connectivity index (χ0) is 15.0. The molecule has 0 saturated heterocycles. The van der Waals surface area contributed by atoms with Crippen molar-refractivity contribution in [2.75, 3.05) is 13.1 Å². The summed E-state index contributed by atoms with van der Waals surface area (Å²) in [6.45, 7) is 2.61. The van der Waals surface area contributed by atoms with E-state index in [0.717, 1.165) is 19.4 Å². The summed E-state index contributed by atoms with van der Waals surface area (Å²) in [6, 6.07) is 6.62. The van der Waals surface area contributed by atoms with Crippen LogP contribution in [0.2, 0.25) is 0 Å². The molecular formula is C15H24F2N2O. The first-order chi connectivity index (χ1) is 9.62. The molecule has 0 aliphatic carbocycles. The Morgan fingerprint density at radius 2 is 1.85 bits per heavy atom. The summed E-state index contributed by atoms with van der Waals surface area (Å²) in [5.74, 6) is 0.752. The maximum absolute atomic E-state index is 12.4. The van der Waals surface area contributed by atoms with Crippen LogP contribution in [0.25, 0.3) is 0 Å². The largest absolute Gasteiger partial charge is 0.434 e. The van der Waals surface area contributed by atoms with Crippen LogP contribution < -0.4 is 15.8 Å². The second-order valence-electron chi connectivity index (χ2n) is 4.80. The molecule has 0 aliphatic heterocycles. The molecule has 3 nitrogen and oxygen atoms in total. The highest BCUT2D eigenvalue weighted by molar-refractivity contribution is 5.36. The summed E-state index contributed by atoms with van der Waals surface area (Å²) in [5.41, 5.74) is 6.45. The summed E-state index contributed by atoms with van der Waals surface area (Å²) in [6.07, 6.45) is 2.16. The Labute approximate surface area is 119 Å². The second-order valence-corrected chi connectivity index (χ2v) is 4.80. The van der Waals surface area contributed by atoms with E-state index in [9.17, 15) is 8.78 Å². The molecule has 0 aromatic heterocycles. The number of benzene rings is 1. The quantitative estimate of drug-likeness (QED) is 0.732. The molecule has 0 fully saturated rings. The lowest BCUT2D eigenvalue weighted by molar-refractivity contribution is -0.0507. The molecule has 114 valence electrons. The number of hydrogen-bond acceptors (Lipinski definition) is 3. The van der Waals surface area contributed by atoms with Crippen molar-refractivity contribution in [2.24, 2.45) is 11.7 Å². The van der Waals surface area contributed by atoms with Crippen molar-refractivity contribution < 1.29 is 13.5 Å². The van der Waals surface area contributed by atoms with Gasteiger partial charge in [-0.25, -0.2) is 0 Å². The third-order valence-electron chi connectivity index (χ3n) is 3.55. The van der Waals surface area contributed by atoms with Crippen LogP contribution in [0.1, 0.15) is 38.3 Å². The molecule has 0 radical (unpaired) electrons. The lowest BCUT2D eigenvalue weighted by Gasteiger charge is -2.23. The summed E-state index contributed by atoms with van der Waals surface area (Å²) < 4.78 is 29.4. The lowest BCUT2D eigenvalue weighted by atomic mass is 10.0. The van der Waals surface area contributed by atoms with Crippen LogP contribution in [0.4, 0.5) is 8.78 Å². The number of rotatable bonds is 9. The zero-order valence-corrected chi connectivity index (χ0v) is 12.1. The Morgan fingerprint density at radius 1 is 1.20 bits per heavy atom. The molecule has 5 heteroatoms. The number of alkyl halides is 2. The first kappa shape index (κ1) is 16.9. The van der Waals surface area contributed by atoms with Crippen LogP contribution in [0.15, 0.2) is 24.3 Å². The predicted octanol–water partition coefficient (Wildman–Crippen LogP) is 3.31. The Balaban J connectivity index is 2.78. The highest BCUT2D eigenvalue weighted by Crippen LogP contribution is 2.26. The smallest absolute Gasteiger partial charge is 0.387 e. The summed E-state index contributed by atoms with van der Waals surface area (Å²) in [7, 11) is 0. The van der Waals surface area contributed by atoms with Crippen molar-refractivity contribution in [3.05, 3.63) is 29.8 Å². The van der Waals surface area contributed by atoms with Gasteiger partial charge < -0.3 is 15.8 Å². The average Bonchev–Trinajstić information content (AvgIpc) is 2.44. The van der Waals surface area contributed by atoms with E-state index in [0.29, 0.717) is 18.0 Å². The van der Waals surface area contributed by atoms with Crippen LogP contribution in [0, 0.1) is 5.92 Å². The summed E-state index contributed by atoms with van der Waals surface area (Å²) in [5, 5.41) is 3.35. The normalized spacial score (nSPS) is 12.9. The molecule has 0 amide bonds. The highest BCUT2D eigenvalue weighted by atomic mass is 19.3. The van der Waals surface area contributed by atoms with Crippen molar-refractivity contribution >= 4 is 0 Å². The topological polar surface area (TPSA) is 47.3 Å². The maximum Gasteiger partial charge on any atom is 0.387 e. The van der Waals surface area contributed by atoms with Crippen LogP contribution in [-0.2, 0) is 0 Å². The van der Waals surface area contributed by atoms with Crippen molar-refractivity contribution in [3.63, 3.8) is 0 Å². The van der Waals surface area contributed by atoms with Gasteiger partial charge in [0.05, 0.1) is 0 Å². The Bertz CT molecular complexity index is 384. The molecule has 20 heavy (non-hydrogen) atoms. The Kier molecular flexibility index (Phi) is 7.47. The van der Waals surface area contributed by atoms with Gasteiger partial charge in [-0.05, 0) is 18.5 Å². The van der Waals surface area contributed by atoms with Gasteiger partial charge in [0.2, 0.25) is 0 Å².